The summed E-state index contributed by atoms with van der Waals surface area (Å²) in [6, 6.07) is 11.6. The van der Waals surface area contributed by atoms with Crippen molar-refractivity contribution in [1.82, 2.24) is 10.2 Å². The van der Waals surface area contributed by atoms with Crippen molar-refractivity contribution in [3.05, 3.63) is 60.1 Å². The minimum atomic E-state index is -0.628. The Labute approximate surface area is 161 Å². The van der Waals surface area contributed by atoms with Gasteiger partial charge in [0.15, 0.2) is 0 Å². The second-order valence-electron chi connectivity index (χ2n) is 8.20. The van der Waals surface area contributed by atoms with E-state index in [9.17, 15) is 9.59 Å². The molecule has 2 amide bonds. The van der Waals surface area contributed by atoms with Crippen LogP contribution in [0.3, 0.4) is 0 Å². The van der Waals surface area contributed by atoms with E-state index in [1.54, 1.807) is 29.4 Å². The molecule has 2 atom stereocenters. The van der Waals surface area contributed by atoms with E-state index in [1.807, 2.05) is 65.8 Å². The van der Waals surface area contributed by atoms with Crippen molar-refractivity contribution >= 4 is 11.8 Å². The predicted octanol–water partition coefficient (Wildman–Crippen LogP) is 4.42. The highest BCUT2D eigenvalue weighted by atomic mass is 16.3. The molecule has 5 nitrogen and oxygen atoms in total. The number of benzene rings is 1. The van der Waals surface area contributed by atoms with Crippen LogP contribution in [-0.4, -0.2) is 28.3 Å². The fourth-order valence-corrected chi connectivity index (χ4v) is 3.13. The van der Waals surface area contributed by atoms with Gasteiger partial charge in [0.1, 0.15) is 11.8 Å². The number of rotatable bonds is 6. The fraction of sp³-hybridized carbons (Fsp3) is 0.455. The number of hydrogen-bond donors (Lipinski definition) is 1. The Balaban J connectivity index is 2.48. The van der Waals surface area contributed by atoms with E-state index in [1.165, 1.54) is 0 Å². The molecule has 5 heteroatoms. The Kier molecular flexibility index (Phi) is 6.47. The van der Waals surface area contributed by atoms with Crippen molar-refractivity contribution in [2.45, 2.75) is 59.2 Å². The number of carbonyl (C=O) groups excluding carboxylic acids is 2. The Morgan fingerprint density at radius 1 is 1.00 bits per heavy atom. The molecule has 1 heterocycles. The third-order valence-electron chi connectivity index (χ3n) is 4.33. The van der Waals surface area contributed by atoms with Crippen LogP contribution in [0.4, 0.5) is 0 Å². The lowest BCUT2D eigenvalue weighted by molar-refractivity contribution is -0.129. The Hall–Kier alpha value is -2.56. The first-order chi connectivity index (χ1) is 12.6. The van der Waals surface area contributed by atoms with Gasteiger partial charge >= 0.3 is 0 Å². The van der Waals surface area contributed by atoms with Gasteiger partial charge in [-0.25, -0.2) is 0 Å². The zero-order valence-electron chi connectivity index (χ0n) is 17.0. The third kappa shape index (κ3) is 5.22. The van der Waals surface area contributed by atoms with Gasteiger partial charge in [0, 0.05) is 11.1 Å². The van der Waals surface area contributed by atoms with Crippen molar-refractivity contribution in [3.63, 3.8) is 0 Å². The van der Waals surface area contributed by atoms with Crippen LogP contribution in [0.25, 0.3) is 0 Å². The summed E-state index contributed by atoms with van der Waals surface area (Å²) in [4.78, 5) is 28.2. The molecular formula is C22H30N2O3. The standard InChI is InChI=1S/C22H30N2O3/c1-15(2)19(20(25)23-22(4,5)6)24(16(3)18-13-10-14-27-18)21(26)17-11-8-7-9-12-17/h7-16,19H,1-6H3,(H,23,25)/t16-,19-/m1/s1. The molecule has 1 N–H and O–H groups in total. The molecule has 0 saturated heterocycles. The van der Waals surface area contributed by atoms with Gasteiger partial charge in [-0.15, -0.1) is 0 Å². The molecule has 0 aliphatic heterocycles. The summed E-state index contributed by atoms with van der Waals surface area (Å²) in [7, 11) is 0. The number of carbonyl (C=O) groups is 2. The van der Waals surface area contributed by atoms with Crippen molar-refractivity contribution < 1.29 is 14.0 Å². The highest BCUT2D eigenvalue weighted by Crippen LogP contribution is 2.28. The first kappa shape index (κ1) is 20.7. The van der Waals surface area contributed by atoms with E-state index < -0.39 is 6.04 Å². The third-order valence-corrected chi connectivity index (χ3v) is 4.33. The monoisotopic (exact) mass is 370 g/mol. The topological polar surface area (TPSA) is 62.6 Å². The van der Waals surface area contributed by atoms with Crippen LogP contribution in [0.1, 0.15) is 63.7 Å². The molecule has 0 radical (unpaired) electrons. The summed E-state index contributed by atoms with van der Waals surface area (Å²) < 4.78 is 5.55. The molecule has 27 heavy (non-hydrogen) atoms. The maximum absolute atomic E-state index is 13.4. The molecule has 146 valence electrons. The van der Waals surface area contributed by atoms with Crippen molar-refractivity contribution in [2.75, 3.05) is 0 Å². The first-order valence-corrected chi connectivity index (χ1v) is 9.35. The van der Waals surface area contributed by atoms with Crippen molar-refractivity contribution in [2.24, 2.45) is 5.92 Å². The predicted molar refractivity (Wildman–Crippen MR) is 106 cm³/mol. The lowest BCUT2D eigenvalue weighted by Crippen LogP contribution is -2.56. The smallest absolute Gasteiger partial charge is 0.255 e. The van der Waals surface area contributed by atoms with E-state index in [0.717, 1.165) is 0 Å². The molecule has 0 unspecified atom stereocenters. The lowest BCUT2D eigenvalue weighted by atomic mass is 9.96. The van der Waals surface area contributed by atoms with Crippen molar-refractivity contribution in [1.29, 1.82) is 0 Å². The molecule has 2 aromatic rings. The number of nitrogens with one attached hydrogen (secondary N) is 1. The number of nitrogens with zero attached hydrogens (tertiary/aromatic N) is 1. The Morgan fingerprint density at radius 3 is 2.11 bits per heavy atom. The molecule has 1 aromatic heterocycles. The Bertz CT molecular complexity index is 746. The van der Waals surface area contributed by atoms with Gasteiger partial charge in [-0.3, -0.25) is 9.59 Å². The van der Waals surface area contributed by atoms with Gasteiger partial charge in [-0.2, -0.15) is 0 Å². The highest BCUT2D eigenvalue weighted by Gasteiger charge is 2.38. The van der Waals surface area contributed by atoms with Gasteiger partial charge in [-0.1, -0.05) is 32.0 Å². The second-order valence-corrected chi connectivity index (χ2v) is 8.20. The van der Waals surface area contributed by atoms with Gasteiger partial charge in [0.05, 0.1) is 12.3 Å². The summed E-state index contributed by atoms with van der Waals surface area (Å²) in [5.74, 6) is 0.216. The van der Waals surface area contributed by atoms with E-state index in [2.05, 4.69) is 5.32 Å². The molecule has 0 fully saturated rings. The van der Waals surface area contributed by atoms with Crippen LogP contribution in [-0.2, 0) is 4.79 Å². The highest BCUT2D eigenvalue weighted by molar-refractivity contribution is 5.98. The molecule has 0 saturated carbocycles. The summed E-state index contributed by atoms with van der Waals surface area (Å²) in [5, 5.41) is 3.02. The number of furan rings is 1. The second kappa shape index (κ2) is 8.42. The largest absolute Gasteiger partial charge is 0.467 e. The van der Waals surface area contributed by atoms with Crippen LogP contribution in [0.2, 0.25) is 0 Å². The summed E-state index contributed by atoms with van der Waals surface area (Å²) in [5.41, 5.74) is 0.157. The quantitative estimate of drug-likeness (QED) is 0.818. The molecule has 0 spiro atoms. The van der Waals surface area contributed by atoms with Gasteiger partial charge in [0.2, 0.25) is 5.91 Å². The zero-order valence-corrected chi connectivity index (χ0v) is 17.0. The molecule has 2 rings (SSSR count). The summed E-state index contributed by atoms with van der Waals surface area (Å²) in [6.07, 6.45) is 1.58. The maximum Gasteiger partial charge on any atom is 0.255 e. The lowest BCUT2D eigenvalue weighted by Gasteiger charge is -2.38. The van der Waals surface area contributed by atoms with Crippen LogP contribution < -0.4 is 5.32 Å². The minimum Gasteiger partial charge on any atom is -0.467 e. The average molecular weight is 370 g/mol. The van der Waals surface area contributed by atoms with Crippen LogP contribution in [0.5, 0.6) is 0 Å². The summed E-state index contributed by atoms with van der Waals surface area (Å²) in [6.45, 7) is 11.6. The maximum atomic E-state index is 13.4. The summed E-state index contributed by atoms with van der Waals surface area (Å²) >= 11 is 0. The van der Waals surface area contributed by atoms with E-state index in [0.29, 0.717) is 11.3 Å². The average Bonchev–Trinajstić information content (AvgIpc) is 3.11. The SMILES string of the molecule is CC(C)[C@H](C(=O)NC(C)(C)C)N(C(=O)c1ccccc1)[C@H](C)c1ccco1. The Morgan fingerprint density at radius 2 is 1.63 bits per heavy atom. The van der Waals surface area contributed by atoms with Gasteiger partial charge in [0.25, 0.3) is 5.91 Å². The first-order valence-electron chi connectivity index (χ1n) is 9.35. The normalized spacial score (nSPS) is 13.9. The fourth-order valence-electron chi connectivity index (χ4n) is 3.13. The minimum absolute atomic E-state index is 0.0718. The number of amides is 2. The van der Waals surface area contributed by atoms with Crippen molar-refractivity contribution in [3.8, 4) is 0 Å². The molecule has 1 aromatic carbocycles. The molecule has 0 aliphatic rings. The molecule has 0 bridgehead atoms. The zero-order chi connectivity index (χ0) is 20.2. The number of hydrogen-bond acceptors (Lipinski definition) is 3. The molecule has 0 aliphatic carbocycles. The van der Waals surface area contributed by atoms with E-state index in [4.69, 9.17) is 4.42 Å². The van der Waals surface area contributed by atoms with Gasteiger partial charge in [-0.05, 0) is 57.9 Å². The van der Waals surface area contributed by atoms with Gasteiger partial charge < -0.3 is 14.6 Å². The van der Waals surface area contributed by atoms with Crippen LogP contribution >= 0.6 is 0 Å². The molecular weight excluding hydrogens is 340 g/mol. The van der Waals surface area contributed by atoms with Crippen LogP contribution in [0, 0.1) is 5.92 Å². The van der Waals surface area contributed by atoms with E-state index in [-0.39, 0.29) is 29.3 Å². The van der Waals surface area contributed by atoms with Crippen LogP contribution in [0.15, 0.2) is 53.1 Å². The van der Waals surface area contributed by atoms with E-state index >= 15 is 0 Å².